The van der Waals surface area contributed by atoms with Gasteiger partial charge in [-0.05, 0) is 31.0 Å². The molecule has 0 aromatic heterocycles. The number of rotatable bonds is 2. The number of likely N-dealkylation sites (tertiary alicyclic amines) is 1. The van der Waals surface area contributed by atoms with Gasteiger partial charge in [-0.3, -0.25) is 9.59 Å². The third kappa shape index (κ3) is 3.28. The lowest BCUT2D eigenvalue weighted by Crippen LogP contribution is -2.41. The first-order valence-corrected chi connectivity index (χ1v) is 7.20. The molecule has 1 saturated heterocycles. The fraction of sp³-hybridized carbons (Fsp3) is 0.385. The van der Waals surface area contributed by atoms with Crippen molar-refractivity contribution in [2.24, 2.45) is 11.7 Å². The summed E-state index contributed by atoms with van der Waals surface area (Å²) in [5.41, 5.74) is 5.76. The number of halogens is 2. The second-order valence-corrected chi connectivity index (χ2v) is 5.92. The fourth-order valence-corrected chi connectivity index (χ4v) is 2.95. The third-order valence-electron chi connectivity index (χ3n) is 3.35. The Labute approximate surface area is 125 Å². The van der Waals surface area contributed by atoms with Crippen molar-refractivity contribution in [1.82, 2.24) is 4.90 Å². The van der Waals surface area contributed by atoms with E-state index in [0.717, 1.165) is 4.47 Å². The summed E-state index contributed by atoms with van der Waals surface area (Å²) in [6, 6.07) is 5.19. The zero-order valence-corrected chi connectivity index (χ0v) is 12.6. The lowest BCUT2D eigenvalue weighted by atomic mass is 9.96. The number of hydrogen-bond donors (Lipinski definition) is 1. The second-order valence-electron chi connectivity index (χ2n) is 4.59. The molecule has 0 unspecified atom stereocenters. The Morgan fingerprint density at radius 2 is 1.95 bits per heavy atom. The Kier molecular flexibility index (Phi) is 4.47. The van der Waals surface area contributed by atoms with Crippen molar-refractivity contribution in [1.29, 1.82) is 0 Å². The van der Waals surface area contributed by atoms with Crippen molar-refractivity contribution < 1.29 is 9.59 Å². The molecule has 0 saturated carbocycles. The van der Waals surface area contributed by atoms with E-state index in [1.54, 1.807) is 23.1 Å². The average molecular weight is 346 g/mol. The Morgan fingerprint density at radius 3 is 2.47 bits per heavy atom. The van der Waals surface area contributed by atoms with Crippen LogP contribution in [0.5, 0.6) is 0 Å². The average Bonchev–Trinajstić information content (AvgIpc) is 2.38. The highest BCUT2D eigenvalue weighted by molar-refractivity contribution is 9.10. The van der Waals surface area contributed by atoms with E-state index in [2.05, 4.69) is 15.9 Å². The van der Waals surface area contributed by atoms with Gasteiger partial charge in [-0.15, -0.1) is 0 Å². The number of hydrogen-bond acceptors (Lipinski definition) is 2. The minimum atomic E-state index is -0.284. The maximum atomic E-state index is 12.3. The quantitative estimate of drug-likeness (QED) is 0.895. The smallest absolute Gasteiger partial charge is 0.255 e. The number of nitrogens with zero attached hydrogens (tertiary/aromatic N) is 1. The molecule has 1 aromatic carbocycles. The molecule has 1 heterocycles. The molecule has 1 aliphatic heterocycles. The van der Waals surface area contributed by atoms with Crippen LogP contribution in [-0.4, -0.2) is 29.8 Å². The van der Waals surface area contributed by atoms with Crippen LogP contribution in [0.1, 0.15) is 23.2 Å². The number of carbonyl (C=O) groups excluding carboxylic acids is 2. The summed E-state index contributed by atoms with van der Waals surface area (Å²) in [6.45, 7) is 1.08. The molecule has 2 rings (SSSR count). The Bertz CT molecular complexity index is 513. The summed E-state index contributed by atoms with van der Waals surface area (Å²) in [5, 5.41) is 0.427. The highest BCUT2D eigenvalue weighted by Gasteiger charge is 2.27. The largest absolute Gasteiger partial charge is 0.369 e. The zero-order chi connectivity index (χ0) is 14.0. The summed E-state index contributed by atoms with van der Waals surface area (Å²) in [4.78, 5) is 25.1. The van der Waals surface area contributed by atoms with Crippen LogP contribution in [0.25, 0.3) is 0 Å². The first kappa shape index (κ1) is 14.3. The molecule has 2 amide bonds. The van der Waals surface area contributed by atoms with E-state index in [1.165, 1.54) is 0 Å². The predicted molar refractivity (Wildman–Crippen MR) is 77.0 cm³/mol. The van der Waals surface area contributed by atoms with Crippen LogP contribution in [-0.2, 0) is 4.79 Å². The van der Waals surface area contributed by atoms with Crippen molar-refractivity contribution in [3.05, 3.63) is 33.3 Å². The number of nitrogens with two attached hydrogens (primary N) is 1. The van der Waals surface area contributed by atoms with E-state index in [0.29, 0.717) is 36.5 Å². The molecule has 6 heteroatoms. The molecular weight excluding hydrogens is 332 g/mol. The van der Waals surface area contributed by atoms with Crippen molar-refractivity contribution >= 4 is 39.3 Å². The SMILES string of the molecule is NC(=O)C1CCN(C(=O)c2ccc(Br)cc2Cl)CC1. The lowest BCUT2D eigenvalue weighted by molar-refractivity contribution is -0.123. The first-order chi connectivity index (χ1) is 8.99. The molecular formula is C13H14BrClN2O2. The van der Waals surface area contributed by atoms with Gasteiger partial charge in [0, 0.05) is 23.5 Å². The zero-order valence-electron chi connectivity index (χ0n) is 10.2. The van der Waals surface area contributed by atoms with Gasteiger partial charge in [-0.2, -0.15) is 0 Å². The van der Waals surface area contributed by atoms with Crippen LogP contribution in [0, 0.1) is 5.92 Å². The monoisotopic (exact) mass is 344 g/mol. The van der Waals surface area contributed by atoms with Crippen LogP contribution in [0.15, 0.2) is 22.7 Å². The highest BCUT2D eigenvalue weighted by atomic mass is 79.9. The predicted octanol–water partition coefficient (Wildman–Crippen LogP) is 2.44. The second kappa shape index (κ2) is 5.92. The molecule has 19 heavy (non-hydrogen) atoms. The summed E-state index contributed by atoms with van der Waals surface area (Å²) in [6.07, 6.45) is 1.24. The van der Waals surface area contributed by atoms with E-state index in [4.69, 9.17) is 17.3 Å². The number of carbonyl (C=O) groups is 2. The first-order valence-electron chi connectivity index (χ1n) is 6.02. The van der Waals surface area contributed by atoms with Crippen LogP contribution >= 0.6 is 27.5 Å². The summed E-state index contributed by atoms with van der Waals surface area (Å²) in [5.74, 6) is -0.501. The van der Waals surface area contributed by atoms with Crippen molar-refractivity contribution in [2.75, 3.05) is 13.1 Å². The van der Waals surface area contributed by atoms with Gasteiger partial charge in [0.05, 0.1) is 10.6 Å². The minimum Gasteiger partial charge on any atom is -0.369 e. The molecule has 0 radical (unpaired) electrons. The van der Waals surface area contributed by atoms with Gasteiger partial charge < -0.3 is 10.6 Å². The van der Waals surface area contributed by atoms with Gasteiger partial charge in [-0.1, -0.05) is 27.5 Å². The fourth-order valence-electron chi connectivity index (χ4n) is 2.20. The number of benzene rings is 1. The van der Waals surface area contributed by atoms with Gasteiger partial charge in [-0.25, -0.2) is 0 Å². The van der Waals surface area contributed by atoms with Crippen LogP contribution in [0.4, 0.5) is 0 Å². The molecule has 1 aliphatic rings. The number of primary amides is 1. The molecule has 4 nitrogen and oxygen atoms in total. The Morgan fingerprint density at radius 1 is 1.32 bits per heavy atom. The van der Waals surface area contributed by atoms with E-state index in [9.17, 15) is 9.59 Å². The van der Waals surface area contributed by atoms with E-state index in [1.807, 2.05) is 0 Å². The third-order valence-corrected chi connectivity index (χ3v) is 4.15. The maximum Gasteiger partial charge on any atom is 0.255 e. The van der Waals surface area contributed by atoms with Gasteiger partial charge >= 0.3 is 0 Å². The summed E-state index contributed by atoms with van der Waals surface area (Å²) >= 11 is 9.38. The molecule has 0 spiro atoms. The summed E-state index contributed by atoms with van der Waals surface area (Å²) in [7, 11) is 0. The Balaban J connectivity index is 2.07. The highest BCUT2D eigenvalue weighted by Crippen LogP contribution is 2.25. The summed E-state index contributed by atoms with van der Waals surface area (Å²) < 4.78 is 0.835. The van der Waals surface area contributed by atoms with Crippen molar-refractivity contribution in [3.63, 3.8) is 0 Å². The molecule has 1 fully saturated rings. The standard InChI is InChI=1S/C13H14BrClN2O2/c14-9-1-2-10(11(15)7-9)13(19)17-5-3-8(4-6-17)12(16)18/h1-2,7-8H,3-6H2,(H2,16,18). The van der Waals surface area contributed by atoms with Gasteiger partial charge in [0.1, 0.15) is 0 Å². The van der Waals surface area contributed by atoms with Gasteiger partial charge in [0.15, 0.2) is 0 Å². The number of piperidine rings is 1. The topological polar surface area (TPSA) is 63.4 Å². The van der Waals surface area contributed by atoms with E-state index < -0.39 is 0 Å². The molecule has 1 aromatic rings. The molecule has 2 N–H and O–H groups in total. The molecule has 0 bridgehead atoms. The Hall–Kier alpha value is -1.07. The van der Waals surface area contributed by atoms with Crippen LogP contribution in [0.3, 0.4) is 0 Å². The van der Waals surface area contributed by atoms with Gasteiger partial charge in [0.2, 0.25) is 5.91 Å². The normalized spacial score (nSPS) is 16.4. The molecule has 0 aliphatic carbocycles. The van der Waals surface area contributed by atoms with Crippen LogP contribution in [0.2, 0.25) is 5.02 Å². The van der Waals surface area contributed by atoms with E-state index in [-0.39, 0.29) is 17.7 Å². The van der Waals surface area contributed by atoms with E-state index >= 15 is 0 Å². The van der Waals surface area contributed by atoms with Crippen LogP contribution < -0.4 is 5.73 Å². The maximum absolute atomic E-state index is 12.3. The van der Waals surface area contributed by atoms with Crippen molar-refractivity contribution in [2.45, 2.75) is 12.8 Å². The lowest BCUT2D eigenvalue weighted by Gasteiger charge is -2.30. The molecule has 102 valence electrons. The minimum absolute atomic E-state index is 0.0968. The van der Waals surface area contributed by atoms with Crippen molar-refractivity contribution in [3.8, 4) is 0 Å². The number of amides is 2. The molecule has 0 atom stereocenters. The van der Waals surface area contributed by atoms with Gasteiger partial charge in [0.25, 0.3) is 5.91 Å².